The highest BCUT2D eigenvalue weighted by Gasteiger charge is 2.11. The number of nitrogens with one attached hydrogen (secondary N) is 2. The van der Waals surface area contributed by atoms with E-state index in [4.69, 9.17) is 5.11 Å². The summed E-state index contributed by atoms with van der Waals surface area (Å²) in [6.45, 7) is 4.35. The standard InChI is InChI=1S/C27H25N3O4S/c1-3-30-23-7-5-4-6-21(23)22-15-19(10-13-24(22)30)29-26(32)16-35-20-11-8-18(9-12-20)28-25(31)14-17(2)27(33)34/h4-15H,3,16H2,1-2H3,(H,28,31)(H,29,32)(H,33,34). The second-order valence-corrected chi connectivity index (χ2v) is 9.03. The molecule has 0 saturated carbocycles. The molecule has 0 bridgehead atoms. The fraction of sp³-hybridized carbons (Fsp3) is 0.148. The number of thioether (sulfide) groups is 1. The van der Waals surface area contributed by atoms with Crippen molar-refractivity contribution in [1.29, 1.82) is 0 Å². The van der Waals surface area contributed by atoms with Crippen LogP contribution in [-0.2, 0) is 20.9 Å². The number of hydrogen-bond acceptors (Lipinski definition) is 4. The van der Waals surface area contributed by atoms with Gasteiger partial charge in [0.25, 0.3) is 0 Å². The topological polar surface area (TPSA) is 100 Å². The third-order valence-corrected chi connectivity index (χ3v) is 6.56. The first kappa shape index (κ1) is 24.1. The normalized spacial score (nSPS) is 11.5. The van der Waals surface area contributed by atoms with Crippen molar-refractivity contribution in [3.8, 4) is 0 Å². The second-order valence-electron chi connectivity index (χ2n) is 7.98. The number of aryl methyl sites for hydroxylation is 1. The highest BCUT2D eigenvalue weighted by atomic mass is 32.2. The Morgan fingerprint density at radius 1 is 0.914 bits per heavy atom. The Bertz CT molecular complexity index is 1450. The Hall–Kier alpha value is -4.04. The zero-order valence-electron chi connectivity index (χ0n) is 19.4. The SMILES string of the molecule is CCn1c2ccccc2c2cc(NC(=O)CSc3ccc(NC(=O)C=C(C)C(=O)O)cc3)ccc21. The number of hydrogen-bond donors (Lipinski definition) is 3. The average Bonchev–Trinajstić information content (AvgIpc) is 3.16. The molecule has 0 aliphatic carbocycles. The number of rotatable bonds is 8. The summed E-state index contributed by atoms with van der Waals surface area (Å²) in [5, 5.41) is 16.7. The molecule has 35 heavy (non-hydrogen) atoms. The molecule has 7 nitrogen and oxygen atoms in total. The molecule has 0 aliphatic rings. The van der Waals surface area contributed by atoms with E-state index in [2.05, 4.69) is 34.3 Å². The van der Waals surface area contributed by atoms with Gasteiger partial charge in [0, 0.05) is 56.3 Å². The zero-order chi connectivity index (χ0) is 24.9. The molecule has 0 radical (unpaired) electrons. The third-order valence-electron chi connectivity index (χ3n) is 5.55. The van der Waals surface area contributed by atoms with Crippen LogP contribution in [0, 0.1) is 0 Å². The second kappa shape index (κ2) is 10.5. The van der Waals surface area contributed by atoms with E-state index in [9.17, 15) is 14.4 Å². The first-order valence-corrected chi connectivity index (χ1v) is 12.1. The number of carbonyl (C=O) groups excluding carboxylic acids is 2. The quantitative estimate of drug-likeness (QED) is 0.225. The molecule has 8 heteroatoms. The number of carbonyl (C=O) groups is 3. The Morgan fingerprint density at radius 3 is 2.31 bits per heavy atom. The zero-order valence-corrected chi connectivity index (χ0v) is 20.2. The number of amides is 2. The van der Waals surface area contributed by atoms with E-state index in [1.165, 1.54) is 24.2 Å². The van der Waals surface area contributed by atoms with Crippen LogP contribution in [0.5, 0.6) is 0 Å². The summed E-state index contributed by atoms with van der Waals surface area (Å²) in [6, 6.07) is 21.3. The van der Waals surface area contributed by atoms with Crippen LogP contribution >= 0.6 is 11.8 Å². The van der Waals surface area contributed by atoms with Gasteiger partial charge >= 0.3 is 5.97 Å². The van der Waals surface area contributed by atoms with Crippen LogP contribution in [0.25, 0.3) is 21.8 Å². The number of benzene rings is 3. The van der Waals surface area contributed by atoms with Crippen LogP contribution in [0.15, 0.2) is 83.3 Å². The Balaban J connectivity index is 1.37. The van der Waals surface area contributed by atoms with Crippen molar-refractivity contribution >= 4 is 62.7 Å². The molecule has 2 amide bonds. The average molecular weight is 488 g/mol. The molecular weight excluding hydrogens is 462 g/mol. The van der Waals surface area contributed by atoms with Crippen molar-refractivity contribution in [2.75, 3.05) is 16.4 Å². The lowest BCUT2D eigenvalue weighted by molar-refractivity contribution is -0.132. The Morgan fingerprint density at radius 2 is 1.60 bits per heavy atom. The largest absolute Gasteiger partial charge is 0.478 e. The van der Waals surface area contributed by atoms with Gasteiger partial charge in [0.05, 0.1) is 5.75 Å². The fourth-order valence-corrected chi connectivity index (χ4v) is 4.59. The summed E-state index contributed by atoms with van der Waals surface area (Å²) < 4.78 is 2.27. The molecule has 0 unspecified atom stereocenters. The van der Waals surface area contributed by atoms with E-state index in [-0.39, 0.29) is 17.2 Å². The summed E-state index contributed by atoms with van der Waals surface area (Å²) >= 11 is 1.39. The van der Waals surface area contributed by atoms with Gasteiger partial charge in [-0.15, -0.1) is 11.8 Å². The summed E-state index contributed by atoms with van der Waals surface area (Å²) in [5.74, 6) is -1.53. The smallest absolute Gasteiger partial charge is 0.331 e. The molecular formula is C27H25N3O4S. The molecule has 0 saturated heterocycles. The van der Waals surface area contributed by atoms with Gasteiger partial charge < -0.3 is 20.3 Å². The monoisotopic (exact) mass is 487 g/mol. The molecule has 4 rings (SSSR count). The molecule has 1 aromatic heterocycles. The molecule has 178 valence electrons. The molecule has 3 aromatic carbocycles. The Kier molecular flexibility index (Phi) is 7.22. The van der Waals surface area contributed by atoms with Crippen LogP contribution < -0.4 is 10.6 Å². The van der Waals surface area contributed by atoms with Crippen molar-refractivity contribution in [2.24, 2.45) is 0 Å². The predicted octanol–water partition coefficient (Wildman–Crippen LogP) is 5.51. The minimum atomic E-state index is -1.14. The highest BCUT2D eigenvalue weighted by Crippen LogP contribution is 2.31. The van der Waals surface area contributed by atoms with Gasteiger partial charge in [-0.05, 0) is 62.4 Å². The van der Waals surface area contributed by atoms with Crippen LogP contribution in [0.1, 0.15) is 13.8 Å². The molecule has 3 N–H and O–H groups in total. The maximum atomic E-state index is 12.6. The number of anilines is 2. The minimum Gasteiger partial charge on any atom is -0.478 e. The molecule has 0 atom stereocenters. The van der Waals surface area contributed by atoms with Crippen molar-refractivity contribution in [3.05, 3.63) is 78.4 Å². The highest BCUT2D eigenvalue weighted by molar-refractivity contribution is 8.00. The van der Waals surface area contributed by atoms with E-state index in [1.807, 2.05) is 30.3 Å². The third kappa shape index (κ3) is 5.55. The fourth-order valence-electron chi connectivity index (χ4n) is 3.89. The van der Waals surface area contributed by atoms with Gasteiger partial charge in [0.2, 0.25) is 11.8 Å². The van der Waals surface area contributed by atoms with Crippen molar-refractivity contribution < 1.29 is 19.5 Å². The number of nitrogens with zero attached hydrogens (tertiary/aromatic N) is 1. The summed E-state index contributed by atoms with van der Waals surface area (Å²) in [4.78, 5) is 36.1. The number of carboxylic acid groups (broad SMARTS) is 1. The number of carboxylic acids is 1. The number of para-hydroxylation sites is 1. The van der Waals surface area contributed by atoms with Crippen molar-refractivity contribution in [1.82, 2.24) is 4.57 Å². The van der Waals surface area contributed by atoms with Crippen LogP contribution in [-0.4, -0.2) is 33.2 Å². The van der Waals surface area contributed by atoms with Crippen molar-refractivity contribution in [2.45, 2.75) is 25.3 Å². The minimum absolute atomic E-state index is 0.0454. The lowest BCUT2D eigenvalue weighted by Gasteiger charge is -2.08. The molecule has 0 aliphatic heterocycles. The molecule has 0 fully saturated rings. The van der Waals surface area contributed by atoms with E-state index < -0.39 is 11.9 Å². The first-order chi connectivity index (χ1) is 16.9. The van der Waals surface area contributed by atoms with Gasteiger partial charge in [-0.1, -0.05) is 18.2 Å². The molecule has 4 aromatic rings. The van der Waals surface area contributed by atoms with Gasteiger partial charge in [-0.3, -0.25) is 9.59 Å². The molecule has 1 heterocycles. The number of aromatic nitrogens is 1. The van der Waals surface area contributed by atoms with Crippen LogP contribution in [0.4, 0.5) is 11.4 Å². The number of fused-ring (bicyclic) bond motifs is 3. The lowest BCUT2D eigenvalue weighted by Crippen LogP contribution is -2.14. The van der Waals surface area contributed by atoms with Crippen LogP contribution in [0.2, 0.25) is 0 Å². The molecule has 0 spiro atoms. The lowest BCUT2D eigenvalue weighted by atomic mass is 10.1. The summed E-state index contributed by atoms with van der Waals surface area (Å²) in [6.07, 6.45) is 1.03. The van der Waals surface area contributed by atoms with Gasteiger partial charge in [-0.2, -0.15) is 0 Å². The van der Waals surface area contributed by atoms with E-state index in [0.29, 0.717) is 5.69 Å². The summed E-state index contributed by atoms with van der Waals surface area (Å²) in [7, 11) is 0. The first-order valence-electron chi connectivity index (χ1n) is 11.1. The predicted molar refractivity (Wildman–Crippen MR) is 141 cm³/mol. The van der Waals surface area contributed by atoms with Gasteiger partial charge in [0.1, 0.15) is 0 Å². The van der Waals surface area contributed by atoms with Crippen molar-refractivity contribution in [3.63, 3.8) is 0 Å². The maximum Gasteiger partial charge on any atom is 0.331 e. The Labute approximate surface area is 206 Å². The van der Waals surface area contributed by atoms with Gasteiger partial charge in [-0.25, -0.2) is 4.79 Å². The van der Waals surface area contributed by atoms with E-state index >= 15 is 0 Å². The van der Waals surface area contributed by atoms with E-state index in [0.717, 1.165) is 39.5 Å². The van der Waals surface area contributed by atoms with Crippen LogP contribution in [0.3, 0.4) is 0 Å². The maximum absolute atomic E-state index is 12.6. The van der Waals surface area contributed by atoms with E-state index in [1.54, 1.807) is 24.3 Å². The van der Waals surface area contributed by atoms with Gasteiger partial charge in [0.15, 0.2) is 0 Å². The number of aliphatic carboxylic acids is 1. The summed E-state index contributed by atoms with van der Waals surface area (Å²) in [5.41, 5.74) is 3.57.